The second-order valence-corrected chi connectivity index (χ2v) is 10.7. The van der Waals surface area contributed by atoms with E-state index in [4.69, 9.17) is 37.2 Å². The molecule has 1 aromatic carbocycles. The van der Waals surface area contributed by atoms with Gasteiger partial charge in [0.05, 0.1) is 16.8 Å². The fourth-order valence-corrected chi connectivity index (χ4v) is 6.23. The molecule has 202 valence electrons. The Morgan fingerprint density at radius 3 is 2.77 bits per heavy atom. The highest BCUT2D eigenvalue weighted by atomic mass is 35.5. The summed E-state index contributed by atoms with van der Waals surface area (Å²) in [6, 6.07) is 11.9. The summed E-state index contributed by atoms with van der Waals surface area (Å²) < 4.78 is 13.4. The Hall–Kier alpha value is -4.51. The molecule has 40 heavy (non-hydrogen) atoms. The van der Waals surface area contributed by atoms with Crippen molar-refractivity contribution < 1.29 is 14.3 Å². The molecule has 0 radical (unpaired) electrons. The van der Waals surface area contributed by atoms with Crippen LogP contribution in [0.3, 0.4) is 0 Å². The third kappa shape index (κ3) is 3.88. The van der Waals surface area contributed by atoms with Gasteiger partial charge in [0, 0.05) is 36.3 Å². The van der Waals surface area contributed by atoms with Crippen molar-refractivity contribution in [3.63, 3.8) is 0 Å². The maximum atomic E-state index is 11.4. The van der Waals surface area contributed by atoms with Gasteiger partial charge in [-0.3, -0.25) is 10.4 Å². The Morgan fingerprint density at radius 2 is 2.00 bits per heavy atom. The zero-order valence-corrected chi connectivity index (χ0v) is 22.3. The second-order valence-electron chi connectivity index (χ2n) is 10.3. The number of anilines is 1. The van der Waals surface area contributed by atoms with Gasteiger partial charge in [0.2, 0.25) is 11.8 Å². The molecule has 1 amide bonds. The van der Waals surface area contributed by atoms with E-state index in [-0.39, 0.29) is 17.8 Å². The maximum Gasteiger partial charge on any atom is 0.411 e. The smallest absolute Gasteiger partial charge is 0.411 e. The molecule has 1 aliphatic carbocycles. The second kappa shape index (κ2) is 9.30. The number of carbonyl (C=O) groups is 1. The Labute approximate surface area is 234 Å². The van der Waals surface area contributed by atoms with Crippen molar-refractivity contribution >= 4 is 40.7 Å². The lowest BCUT2D eigenvalue weighted by atomic mass is 9.81. The number of hydrogen-bond donors (Lipinski definition) is 2. The van der Waals surface area contributed by atoms with Crippen LogP contribution < -0.4 is 10.6 Å². The molecule has 3 atom stereocenters. The summed E-state index contributed by atoms with van der Waals surface area (Å²) in [7, 11) is 0. The molecule has 0 saturated heterocycles. The quantitative estimate of drug-likeness (QED) is 0.270. The normalized spacial score (nSPS) is 21.4. The van der Waals surface area contributed by atoms with Gasteiger partial charge in [0.1, 0.15) is 23.6 Å². The van der Waals surface area contributed by atoms with Gasteiger partial charge in [-0.15, -0.1) is 0 Å². The van der Waals surface area contributed by atoms with E-state index in [1.807, 2.05) is 18.2 Å². The van der Waals surface area contributed by atoms with E-state index in [1.54, 1.807) is 12.3 Å². The number of hydrogen-bond acceptors (Lipinski definition) is 9. The molecular formula is C28H25ClN8O3. The SMILES string of the molecule is C[C@@H]1CCC2Cn3c(nc4nc(C(=N)OC(N)=O)nc(-c5cncc(Cl)c5)c43)N3C2=C1OC[C@H]3c1ccccc1. The van der Waals surface area contributed by atoms with Gasteiger partial charge in [-0.1, -0.05) is 48.9 Å². The van der Waals surface area contributed by atoms with E-state index in [2.05, 4.69) is 43.5 Å². The van der Waals surface area contributed by atoms with E-state index in [0.717, 1.165) is 30.1 Å². The van der Waals surface area contributed by atoms with Crippen molar-refractivity contribution in [2.45, 2.75) is 32.4 Å². The van der Waals surface area contributed by atoms with Crippen LogP contribution in [-0.4, -0.2) is 43.1 Å². The van der Waals surface area contributed by atoms with Crippen LogP contribution in [0.4, 0.5) is 10.7 Å². The molecule has 3 aliphatic rings. The fourth-order valence-electron chi connectivity index (χ4n) is 6.05. The number of nitrogens with one attached hydrogen (secondary N) is 1. The molecule has 0 bridgehead atoms. The van der Waals surface area contributed by atoms with Crippen LogP contribution >= 0.6 is 11.6 Å². The third-order valence-electron chi connectivity index (χ3n) is 7.77. The van der Waals surface area contributed by atoms with Crippen LogP contribution in [-0.2, 0) is 16.0 Å². The van der Waals surface area contributed by atoms with Gasteiger partial charge in [0.25, 0.3) is 5.90 Å². The molecule has 7 rings (SSSR count). The number of aromatic nitrogens is 5. The minimum atomic E-state index is -1.12. The summed E-state index contributed by atoms with van der Waals surface area (Å²) in [6.07, 6.45) is 4.09. The van der Waals surface area contributed by atoms with Crippen LogP contribution in [0.15, 0.2) is 60.2 Å². The number of primary amides is 1. The van der Waals surface area contributed by atoms with Crippen LogP contribution in [0, 0.1) is 17.2 Å². The number of allylic oxidation sites excluding steroid dienone is 2. The Bertz CT molecular complexity index is 1720. The summed E-state index contributed by atoms with van der Waals surface area (Å²) in [4.78, 5) is 32.2. The first-order valence-corrected chi connectivity index (χ1v) is 13.4. The highest BCUT2D eigenvalue weighted by molar-refractivity contribution is 6.30. The lowest BCUT2D eigenvalue weighted by molar-refractivity contribution is 0.112. The highest BCUT2D eigenvalue weighted by Gasteiger charge is 2.45. The third-order valence-corrected chi connectivity index (χ3v) is 7.98. The number of pyridine rings is 1. The van der Waals surface area contributed by atoms with Crippen LogP contribution in [0.25, 0.3) is 22.4 Å². The van der Waals surface area contributed by atoms with Crippen molar-refractivity contribution in [3.8, 4) is 11.3 Å². The Balaban J connectivity index is 1.50. The number of amides is 1. The molecule has 1 unspecified atom stereocenters. The molecule has 0 spiro atoms. The van der Waals surface area contributed by atoms with Gasteiger partial charge >= 0.3 is 6.09 Å². The Morgan fingerprint density at radius 1 is 1.18 bits per heavy atom. The molecule has 3 N–H and O–H groups in total. The summed E-state index contributed by atoms with van der Waals surface area (Å²) >= 11 is 6.31. The van der Waals surface area contributed by atoms with E-state index in [0.29, 0.717) is 46.5 Å². The van der Waals surface area contributed by atoms with Crippen molar-refractivity contribution in [1.29, 1.82) is 5.41 Å². The molecule has 0 saturated carbocycles. The fraction of sp³-hybridized carbons (Fsp3) is 0.286. The monoisotopic (exact) mass is 556 g/mol. The highest BCUT2D eigenvalue weighted by Crippen LogP contribution is 2.50. The number of nitrogens with zero attached hydrogens (tertiary/aromatic N) is 6. The molecular weight excluding hydrogens is 532 g/mol. The minimum Gasteiger partial charge on any atom is -0.493 e. The van der Waals surface area contributed by atoms with Crippen molar-refractivity contribution in [3.05, 3.63) is 76.7 Å². The molecule has 11 nitrogen and oxygen atoms in total. The van der Waals surface area contributed by atoms with Crippen molar-refractivity contribution in [2.24, 2.45) is 17.6 Å². The van der Waals surface area contributed by atoms with Crippen molar-refractivity contribution in [1.82, 2.24) is 24.5 Å². The number of ether oxygens (including phenoxy) is 2. The average molecular weight is 557 g/mol. The van der Waals surface area contributed by atoms with Crippen LogP contribution in [0.5, 0.6) is 0 Å². The summed E-state index contributed by atoms with van der Waals surface area (Å²) in [5.41, 5.74) is 9.61. The average Bonchev–Trinajstić information content (AvgIpc) is 3.33. The van der Waals surface area contributed by atoms with Gasteiger partial charge in [-0.2, -0.15) is 4.98 Å². The lowest BCUT2D eigenvalue weighted by Crippen LogP contribution is -2.46. The molecule has 12 heteroatoms. The van der Waals surface area contributed by atoms with Gasteiger partial charge < -0.3 is 24.7 Å². The molecule has 3 aromatic heterocycles. The van der Waals surface area contributed by atoms with Crippen molar-refractivity contribution in [2.75, 3.05) is 11.5 Å². The van der Waals surface area contributed by atoms with Gasteiger partial charge in [-0.05, 0) is 24.5 Å². The first kappa shape index (κ1) is 24.5. The zero-order valence-electron chi connectivity index (χ0n) is 21.5. The Kier molecular flexibility index (Phi) is 5.70. The van der Waals surface area contributed by atoms with E-state index in [9.17, 15) is 4.79 Å². The van der Waals surface area contributed by atoms with E-state index in [1.165, 1.54) is 11.9 Å². The summed E-state index contributed by atoms with van der Waals surface area (Å²) in [6.45, 7) is 3.36. The number of benzene rings is 1. The lowest BCUT2D eigenvalue weighted by Gasteiger charge is -2.48. The number of rotatable bonds is 3. The molecule has 5 heterocycles. The van der Waals surface area contributed by atoms with Gasteiger partial charge in [-0.25, -0.2) is 14.8 Å². The first-order valence-electron chi connectivity index (χ1n) is 13.1. The van der Waals surface area contributed by atoms with Crippen LogP contribution in [0.2, 0.25) is 5.02 Å². The molecule has 0 fully saturated rings. The molecule has 2 aliphatic heterocycles. The predicted molar refractivity (Wildman–Crippen MR) is 148 cm³/mol. The largest absolute Gasteiger partial charge is 0.493 e. The summed E-state index contributed by atoms with van der Waals surface area (Å²) in [5.74, 6) is 1.58. The predicted octanol–water partition coefficient (Wildman–Crippen LogP) is 4.81. The number of imidazole rings is 1. The van der Waals surface area contributed by atoms with E-state index < -0.39 is 12.0 Å². The van der Waals surface area contributed by atoms with Gasteiger partial charge in [0.15, 0.2) is 5.65 Å². The standard InChI is InChI=1S/C28H25ClN8O3/c1-14-7-8-16-12-36-22-20(17-9-18(29)11-32-10-17)33-26(24(30)40-27(31)38)34-25(22)35-28(36)37-19(13-39-23(14)21(16)37)15-5-3-2-4-6-15/h2-6,9-11,14,16,19,30H,7-8,12-13H2,1H3,(H2,31,38)/t14-,16?,19+/m1/s1. The number of carbonyl (C=O) groups excluding carboxylic acids is 1. The first-order chi connectivity index (χ1) is 19.4. The maximum absolute atomic E-state index is 11.4. The zero-order chi connectivity index (χ0) is 27.5. The molecule has 4 aromatic rings. The van der Waals surface area contributed by atoms with Crippen LogP contribution in [0.1, 0.15) is 37.2 Å². The van der Waals surface area contributed by atoms with E-state index >= 15 is 0 Å². The number of fused-ring (bicyclic) bond motifs is 4. The number of halogens is 1. The summed E-state index contributed by atoms with van der Waals surface area (Å²) in [5, 5.41) is 8.68. The number of nitrogens with two attached hydrogens (primary N) is 1. The topological polar surface area (TPSA) is 145 Å². The minimum absolute atomic E-state index is 0.0937.